The number of anilines is 3. The van der Waals surface area contributed by atoms with Crippen LogP contribution in [0.4, 0.5) is 17.5 Å². The smallest absolute Gasteiger partial charge is 0.352 e. The van der Waals surface area contributed by atoms with Crippen LogP contribution in [0.5, 0.6) is 0 Å². The van der Waals surface area contributed by atoms with Crippen molar-refractivity contribution < 1.29 is 14.7 Å². The summed E-state index contributed by atoms with van der Waals surface area (Å²) in [6.07, 6.45) is 7.57. The van der Waals surface area contributed by atoms with Gasteiger partial charge in [-0.1, -0.05) is 12.8 Å². The number of rotatable bonds is 7. The second-order valence-electron chi connectivity index (χ2n) is 9.75. The first-order valence-corrected chi connectivity index (χ1v) is 12.4. The normalized spacial score (nSPS) is 16.8. The summed E-state index contributed by atoms with van der Waals surface area (Å²) in [5, 5.41) is 13.6. The number of amides is 1. The van der Waals surface area contributed by atoms with E-state index in [2.05, 4.69) is 25.2 Å². The van der Waals surface area contributed by atoms with Crippen LogP contribution in [-0.2, 0) is 4.79 Å². The Morgan fingerprint density at radius 1 is 1.08 bits per heavy atom. The van der Waals surface area contributed by atoms with Gasteiger partial charge in [-0.05, 0) is 45.1 Å². The largest absolute Gasteiger partial charge is 0.477 e. The molecular formula is C25H32N8O3. The van der Waals surface area contributed by atoms with E-state index in [0.717, 1.165) is 49.8 Å². The molecule has 2 aliphatic rings. The molecule has 1 amide bonds. The average Bonchev–Trinajstić information content (AvgIpc) is 3.52. The SMILES string of the molecule is CN(C)CC(=O)N1CCN(c2ccc(Nc3ncc4cc(C(=O)O)n(C5CCCC5)c4n3)nc2)CC1. The summed E-state index contributed by atoms with van der Waals surface area (Å²) in [5.41, 5.74) is 1.89. The molecule has 11 nitrogen and oxygen atoms in total. The first-order valence-electron chi connectivity index (χ1n) is 12.4. The van der Waals surface area contributed by atoms with E-state index in [1.165, 1.54) is 0 Å². The zero-order valence-electron chi connectivity index (χ0n) is 20.7. The average molecular weight is 493 g/mol. The number of nitrogens with one attached hydrogen (secondary N) is 1. The Labute approximate surface area is 209 Å². The molecule has 36 heavy (non-hydrogen) atoms. The second-order valence-corrected chi connectivity index (χ2v) is 9.75. The summed E-state index contributed by atoms with van der Waals surface area (Å²) in [4.78, 5) is 43.7. The third-order valence-corrected chi connectivity index (χ3v) is 6.92. The van der Waals surface area contributed by atoms with Crippen LogP contribution in [0.25, 0.3) is 11.0 Å². The molecule has 11 heteroatoms. The Balaban J connectivity index is 1.27. The highest BCUT2D eigenvalue weighted by molar-refractivity contribution is 5.93. The highest BCUT2D eigenvalue weighted by Gasteiger charge is 2.26. The minimum absolute atomic E-state index is 0.146. The summed E-state index contributed by atoms with van der Waals surface area (Å²) >= 11 is 0. The highest BCUT2D eigenvalue weighted by Crippen LogP contribution is 2.34. The molecule has 0 bridgehead atoms. The van der Waals surface area contributed by atoms with Gasteiger partial charge in [0, 0.05) is 43.8 Å². The zero-order valence-corrected chi connectivity index (χ0v) is 20.7. The van der Waals surface area contributed by atoms with Crippen molar-refractivity contribution in [2.24, 2.45) is 0 Å². The summed E-state index contributed by atoms with van der Waals surface area (Å²) in [6.45, 7) is 3.34. The van der Waals surface area contributed by atoms with Gasteiger partial charge in [0.15, 0.2) is 0 Å². The number of pyridine rings is 1. The van der Waals surface area contributed by atoms with Gasteiger partial charge < -0.3 is 29.7 Å². The minimum atomic E-state index is -0.949. The van der Waals surface area contributed by atoms with Gasteiger partial charge in [0.1, 0.15) is 17.2 Å². The number of hydrogen-bond donors (Lipinski definition) is 2. The van der Waals surface area contributed by atoms with E-state index >= 15 is 0 Å². The fourth-order valence-electron chi connectivity index (χ4n) is 5.11. The summed E-state index contributed by atoms with van der Waals surface area (Å²) in [6, 6.07) is 5.67. The van der Waals surface area contributed by atoms with Gasteiger partial charge in [-0.25, -0.2) is 14.8 Å². The molecule has 190 valence electrons. The van der Waals surface area contributed by atoms with E-state index in [9.17, 15) is 14.7 Å². The Morgan fingerprint density at radius 3 is 2.47 bits per heavy atom. The van der Waals surface area contributed by atoms with Crippen molar-refractivity contribution in [3.8, 4) is 0 Å². The van der Waals surface area contributed by atoms with E-state index in [4.69, 9.17) is 0 Å². The molecule has 1 aliphatic carbocycles. The molecule has 0 spiro atoms. The quantitative estimate of drug-likeness (QED) is 0.513. The highest BCUT2D eigenvalue weighted by atomic mass is 16.4. The maximum Gasteiger partial charge on any atom is 0.352 e. The predicted molar refractivity (Wildman–Crippen MR) is 137 cm³/mol. The Kier molecular flexibility index (Phi) is 6.73. The van der Waals surface area contributed by atoms with Crippen LogP contribution in [0.15, 0.2) is 30.6 Å². The number of hydrogen-bond acceptors (Lipinski definition) is 8. The minimum Gasteiger partial charge on any atom is -0.477 e. The lowest BCUT2D eigenvalue weighted by Crippen LogP contribution is -2.50. The molecule has 0 atom stereocenters. The van der Waals surface area contributed by atoms with Crippen molar-refractivity contribution >= 4 is 40.4 Å². The molecule has 1 aliphatic heterocycles. The van der Waals surface area contributed by atoms with Crippen molar-refractivity contribution in [2.45, 2.75) is 31.7 Å². The van der Waals surface area contributed by atoms with Crippen LogP contribution in [0.2, 0.25) is 0 Å². The molecule has 1 saturated carbocycles. The van der Waals surface area contributed by atoms with E-state index in [1.54, 1.807) is 12.3 Å². The zero-order chi connectivity index (χ0) is 25.2. The topological polar surface area (TPSA) is 120 Å². The number of piperazine rings is 1. The van der Waals surface area contributed by atoms with Crippen molar-refractivity contribution in [3.63, 3.8) is 0 Å². The molecule has 3 aromatic rings. The Hall–Kier alpha value is -3.73. The number of carbonyl (C=O) groups is 2. The standard InChI is InChI=1S/C25H32N8O3/c1-30(2)16-22(34)32-11-9-31(10-12-32)19-7-8-21(26-15-19)28-25-27-14-17-13-20(24(35)36)33(23(17)29-25)18-5-3-4-6-18/h7-8,13-15,18H,3-6,9-12,16H2,1-2H3,(H,35,36)(H,26,27,28,29). The van der Waals surface area contributed by atoms with Gasteiger partial charge >= 0.3 is 5.97 Å². The number of carbonyl (C=O) groups excluding carboxylic acids is 1. The molecule has 2 fully saturated rings. The summed E-state index contributed by atoms with van der Waals surface area (Å²) < 4.78 is 1.86. The number of carboxylic acid groups (broad SMARTS) is 1. The third kappa shape index (κ3) is 4.97. The lowest BCUT2D eigenvalue weighted by atomic mass is 10.2. The predicted octanol–water partition coefficient (Wildman–Crippen LogP) is 2.59. The van der Waals surface area contributed by atoms with Crippen LogP contribution in [0.1, 0.15) is 42.2 Å². The molecule has 0 radical (unpaired) electrons. The van der Waals surface area contributed by atoms with Crippen LogP contribution >= 0.6 is 0 Å². The number of carboxylic acids is 1. The molecule has 3 aromatic heterocycles. The van der Waals surface area contributed by atoms with Gasteiger partial charge in [0.2, 0.25) is 11.9 Å². The number of aromatic nitrogens is 4. The Morgan fingerprint density at radius 2 is 1.83 bits per heavy atom. The second kappa shape index (κ2) is 10.1. The molecular weight excluding hydrogens is 460 g/mol. The molecule has 2 N–H and O–H groups in total. The fourth-order valence-corrected chi connectivity index (χ4v) is 5.11. The number of likely N-dealkylation sites (N-methyl/N-ethyl adjacent to an activating group) is 1. The van der Waals surface area contributed by atoms with E-state index in [1.807, 2.05) is 46.8 Å². The Bertz CT molecular complexity index is 1240. The van der Waals surface area contributed by atoms with Crippen LogP contribution in [0, 0.1) is 0 Å². The first-order chi connectivity index (χ1) is 17.4. The van der Waals surface area contributed by atoms with E-state index in [-0.39, 0.29) is 17.6 Å². The van der Waals surface area contributed by atoms with Gasteiger partial charge in [-0.3, -0.25) is 4.79 Å². The third-order valence-electron chi connectivity index (χ3n) is 6.92. The molecule has 4 heterocycles. The summed E-state index contributed by atoms with van der Waals surface area (Å²) in [7, 11) is 3.80. The van der Waals surface area contributed by atoms with Gasteiger partial charge in [0.25, 0.3) is 0 Å². The van der Waals surface area contributed by atoms with Crippen LogP contribution in [0.3, 0.4) is 0 Å². The van der Waals surface area contributed by atoms with Crippen molar-refractivity contribution in [1.29, 1.82) is 0 Å². The van der Waals surface area contributed by atoms with Crippen molar-refractivity contribution in [3.05, 3.63) is 36.3 Å². The summed E-state index contributed by atoms with van der Waals surface area (Å²) in [5.74, 6) is 0.193. The van der Waals surface area contributed by atoms with Crippen molar-refractivity contribution in [2.75, 3.05) is 57.0 Å². The maximum atomic E-state index is 12.3. The molecule has 0 unspecified atom stereocenters. The van der Waals surface area contributed by atoms with Gasteiger partial charge in [-0.15, -0.1) is 0 Å². The lowest BCUT2D eigenvalue weighted by molar-refractivity contribution is -0.132. The van der Waals surface area contributed by atoms with E-state index < -0.39 is 5.97 Å². The first kappa shape index (κ1) is 24.0. The number of fused-ring (bicyclic) bond motifs is 1. The van der Waals surface area contributed by atoms with Crippen LogP contribution in [-0.4, -0.2) is 93.1 Å². The molecule has 0 aromatic carbocycles. The maximum absolute atomic E-state index is 12.3. The van der Waals surface area contributed by atoms with Crippen LogP contribution < -0.4 is 10.2 Å². The van der Waals surface area contributed by atoms with Crippen molar-refractivity contribution in [1.82, 2.24) is 29.3 Å². The number of aromatic carboxylic acids is 1. The number of nitrogens with zero attached hydrogens (tertiary/aromatic N) is 7. The molecule has 5 rings (SSSR count). The lowest BCUT2D eigenvalue weighted by Gasteiger charge is -2.36. The molecule has 1 saturated heterocycles. The van der Waals surface area contributed by atoms with Gasteiger partial charge in [-0.2, -0.15) is 4.98 Å². The van der Waals surface area contributed by atoms with E-state index in [0.29, 0.717) is 37.0 Å². The fraction of sp³-hybridized carbons (Fsp3) is 0.480. The monoisotopic (exact) mass is 492 g/mol. The van der Waals surface area contributed by atoms with Gasteiger partial charge in [0.05, 0.1) is 18.4 Å².